The molecule has 5 nitrogen and oxygen atoms in total. The number of anilines is 2. The van der Waals surface area contributed by atoms with E-state index in [2.05, 4.69) is 16.0 Å². The topological polar surface area (TPSA) is 62.4 Å². The lowest BCUT2D eigenvalue weighted by Crippen LogP contribution is -2.36. The highest BCUT2D eigenvalue weighted by atomic mass is 16.5. The zero-order valence-corrected chi connectivity index (χ0v) is 13.1. The van der Waals surface area contributed by atoms with Crippen LogP contribution in [0.5, 0.6) is 5.75 Å². The summed E-state index contributed by atoms with van der Waals surface area (Å²) in [5.74, 6) is 0.755. The fourth-order valence-electron chi connectivity index (χ4n) is 2.66. The Labute approximate surface area is 136 Å². The predicted molar refractivity (Wildman–Crippen MR) is 91.5 cm³/mol. The van der Waals surface area contributed by atoms with E-state index in [0.29, 0.717) is 5.56 Å². The molecule has 1 unspecified atom stereocenters. The van der Waals surface area contributed by atoms with Crippen LogP contribution >= 0.6 is 0 Å². The molecule has 0 aliphatic carbocycles. The van der Waals surface area contributed by atoms with E-state index in [1.807, 2.05) is 48.5 Å². The van der Waals surface area contributed by atoms with Crippen molar-refractivity contribution >= 4 is 17.3 Å². The Morgan fingerprint density at radius 3 is 2.65 bits per heavy atom. The number of hydrogen-bond acceptors (Lipinski definition) is 4. The molecule has 120 valence electrons. The summed E-state index contributed by atoms with van der Waals surface area (Å²) in [5.41, 5.74) is 2.35. The lowest BCUT2D eigenvalue weighted by molar-refractivity contribution is 0.0941. The summed E-state index contributed by atoms with van der Waals surface area (Å²) in [6.45, 7) is 1.79. The van der Waals surface area contributed by atoms with Crippen LogP contribution in [0.25, 0.3) is 0 Å². The smallest absolute Gasteiger partial charge is 0.253 e. The Morgan fingerprint density at radius 2 is 1.96 bits per heavy atom. The van der Waals surface area contributed by atoms with Crippen LogP contribution in [0.3, 0.4) is 0 Å². The number of benzene rings is 2. The molecule has 23 heavy (non-hydrogen) atoms. The molecule has 1 aliphatic rings. The summed E-state index contributed by atoms with van der Waals surface area (Å²) in [6, 6.07) is 15.4. The Hall–Kier alpha value is -2.53. The van der Waals surface area contributed by atoms with Crippen LogP contribution in [-0.2, 0) is 0 Å². The quantitative estimate of drug-likeness (QED) is 0.794. The first-order valence-electron chi connectivity index (χ1n) is 7.78. The zero-order valence-electron chi connectivity index (χ0n) is 13.1. The number of carbonyl (C=O) groups excluding carboxylic acids is 1. The van der Waals surface area contributed by atoms with Gasteiger partial charge in [-0.05, 0) is 49.4 Å². The van der Waals surface area contributed by atoms with Crippen molar-refractivity contribution in [3.8, 4) is 5.75 Å². The first-order chi connectivity index (χ1) is 11.3. The molecule has 0 radical (unpaired) electrons. The molecule has 1 heterocycles. The number of rotatable bonds is 5. The number of amides is 1. The van der Waals surface area contributed by atoms with Crippen molar-refractivity contribution < 1.29 is 9.53 Å². The second kappa shape index (κ2) is 7.15. The average Bonchev–Trinajstić information content (AvgIpc) is 3.09. The van der Waals surface area contributed by atoms with Gasteiger partial charge in [-0.3, -0.25) is 4.79 Å². The molecule has 0 saturated carbocycles. The highest BCUT2D eigenvalue weighted by molar-refractivity contribution is 6.00. The van der Waals surface area contributed by atoms with Crippen molar-refractivity contribution in [1.82, 2.24) is 10.6 Å². The van der Waals surface area contributed by atoms with Crippen LogP contribution in [0.1, 0.15) is 16.8 Å². The molecule has 0 spiro atoms. The molecule has 1 fully saturated rings. The summed E-state index contributed by atoms with van der Waals surface area (Å²) in [7, 11) is 1.64. The third-order valence-electron chi connectivity index (χ3n) is 3.94. The monoisotopic (exact) mass is 311 g/mol. The van der Waals surface area contributed by atoms with E-state index < -0.39 is 0 Å². The summed E-state index contributed by atoms with van der Waals surface area (Å²) in [6.07, 6.45) is 0.972. The van der Waals surface area contributed by atoms with E-state index >= 15 is 0 Å². The minimum Gasteiger partial charge on any atom is -0.497 e. The number of para-hydroxylation sites is 1. The summed E-state index contributed by atoms with van der Waals surface area (Å²) in [5, 5.41) is 9.63. The predicted octanol–water partition coefficient (Wildman–Crippen LogP) is 2.53. The Kier molecular flexibility index (Phi) is 4.78. The second-order valence-corrected chi connectivity index (χ2v) is 5.56. The maximum Gasteiger partial charge on any atom is 0.253 e. The Morgan fingerprint density at radius 1 is 1.17 bits per heavy atom. The van der Waals surface area contributed by atoms with Crippen LogP contribution in [0.15, 0.2) is 48.5 Å². The number of methoxy groups -OCH3 is 1. The van der Waals surface area contributed by atoms with E-state index in [1.165, 1.54) is 0 Å². The van der Waals surface area contributed by atoms with Gasteiger partial charge >= 0.3 is 0 Å². The van der Waals surface area contributed by atoms with Gasteiger partial charge in [-0.2, -0.15) is 0 Å². The molecule has 3 rings (SSSR count). The van der Waals surface area contributed by atoms with Crippen molar-refractivity contribution in [2.75, 3.05) is 25.5 Å². The molecule has 3 N–H and O–H groups in total. The van der Waals surface area contributed by atoms with Gasteiger partial charge in [0.15, 0.2) is 0 Å². The van der Waals surface area contributed by atoms with Gasteiger partial charge < -0.3 is 20.7 Å². The number of ether oxygens (including phenoxy) is 1. The fourth-order valence-corrected chi connectivity index (χ4v) is 2.66. The molecule has 1 aliphatic heterocycles. The van der Waals surface area contributed by atoms with Crippen molar-refractivity contribution in [2.45, 2.75) is 12.5 Å². The molecule has 5 heteroatoms. The highest BCUT2D eigenvalue weighted by Gasteiger charge is 2.19. The number of carbonyl (C=O) groups is 1. The molecule has 1 saturated heterocycles. The summed E-state index contributed by atoms with van der Waals surface area (Å²) in [4.78, 5) is 12.5. The average molecular weight is 311 g/mol. The highest BCUT2D eigenvalue weighted by Crippen LogP contribution is 2.23. The minimum absolute atomic E-state index is 0.0460. The van der Waals surface area contributed by atoms with Gasteiger partial charge in [-0.15, -0.1) is 0 Å². The molecule has 1 atom stereocenters. The van der Waals surface area contributed by atoms with Crippen LogP contribution in [0.2, 0.25) is 0 Å². The normalized spacial score (nSPS) is 16.8. The van der Waals surface area contributed by atoms with Crippen molar-refractivity contribution in [3.05, 3.63) is 54.1 Å². The van der Waals surface area contributed by atoms with Gasteiger partial charge in [-0.25, -0.2) is 0 Å². The number of hydrogen-bond donors (Lipinski definition) is 3. The first-order valence-corrected chi connectivity index (χ1v) is 7.78. The lowest BCUT2D eigenvalue weighted by Gasteiger charge is -2.15. The van der Waals surface area contributed by atoms with Crippen LogP contribution in [0.4, 0.5) is 11.4 Å². The van der Waals surface area contributed by atoms with Crippen molar-refractivity contribution in [1.29, 1.82) is 0 Å². The van der Waals surface area contributed by atoms with Gasteiger partial charge in [0.1, 0.15) is 5.75 Å². The van der Waals surface area contributed by atoms with Crippen LogP contribution < -0.4 is 20.7 Å². The Bertz CT molecular complexity index is 664. The molecule has 0 bridgehead atoms. The van der Waals surface area contributed by atoms with Crippen LogP contribution in [-0.4, -0.2) is 32.1 Å². The Balaban J connectivity index is 1.75. The molecule has 1 amide bonds. The lowest BCUT2D eigenvalue weighted by atomic mass is 10.1. The standard InChI is InChI=1S/C18H21N3O2/c1-23-15-8-6-13(7-9-15)20-17-5-3-2-4-16(17)18(22)21-14-10-11-19-12-14/h2-9,14,19-20H,10-12H2,1H3,(H,21,22). The molecular formula is C18H21N3O2. The maximum absolute atomic E-state index is 12.5. The molecule has 0 aromatic heterocycles. The van der Waals surface area contributed by atoms with Crippen molar-refractivity contribution in [3.63, 3.8) is 0 Å². The molecule has 2 aromatic rings. The van der Waals surface area contributed by atoms with Gasteiger partial charge in [0, 0.05) is 18.3 Å². The zero-order chi connectivity index (χ0) is 16.1. The second-order valence-electron chi connectivity index (χ2n) is 5.56. The van der Waals surface area contributed by atoms with E-state index in [0.717, 1.165) is 36.6 Å². The minimum atomic E-state index is -0.0460. The number of nitrogens with one attached hydrogen (secondary N) is 3. The SMILES string of the molecule is COc1ccc(Nc2ccccc2C(=O)NC2CCNC2)cc1. The molecular weight excluding hydrogens is 290 g/mol. The van der Waals surface area contributed by atoms with E-state index in [9.17, 15) is 4.79 Å². The summed E-state index contributed by atoms with van der Waals surface area (Å²) >= 11 is 0. The van der Waals surface area contributed by atoms with Crippen molar-refractivity contribution in [2.24, 2.45) is 0 Å². The summed E-state index contributed by atoms with van der Waals surface area (Å²) < 4.78 is 5.16. The van der Waals surface area contributed by atoms with Crippen LogP contribution in [0, 0.1) is 0 Å². The fraction of sp³-hybridized carbons (Fsp3) is 0.278. The van der Waals surface area contributed by atoms with E-state index in [4.69, 9.17) is 4.74 Å². The van der Waals surface area contributed by atoms with Gasteiger partial charge in [0.25, 0.3) is 5.91 Å². The maximum atomic E-state index is 12.5. The third-order valence-corrected chi connectivity index (χ3v) is 3.94. The third kappa shape index (κ3) is 3.81. The largest absolute Gasteiger partial charge is 0.497 e. The van der Waals surface area contributed by atoms with E-state index in [-0.39, 0.29) is 11.9 Å². The first kappa shape index (κ1) is 15.4. The molecule has 2 aromatic carbocycles. The van der Waals surface area contributed by atoms with Gasteiger partial charge in [0.05, 0.1) is 18.4 Å². The van der Waals surface area contributed by atoms with E-state index in [1.54, 1.807) is 7.11 Å². The van der Waals surface area contributed by atoms with Gasteiger partial charge in [0.2, 0.25) is 0 Å². The van der Waals surface area contributed by atoms with Gasteiger partial charge in [-0.1, -0.05) is 12.1 Å².